The molecule has 1 unspecified atom stereocenters. The third kappa shape index (κ3) is 5.54. The molecule has 1 atom stereocenters. The van der Waals surface area contributed by atoms with Gasteiger partial charge in [0.2, 0.25) is 0 Å². The molecule has 0 aliphatic rings. The van der Waals surface area contributed by atoms with Crippen molar-refractivity contribution in [1.29, 1.82) is 5.26 Å². The van der Waals surface area contributed by atoms with Crippen molar-refractivity contribution in [3.8, 4) is 17.6 Å². The second kappa shape index (κ2) is 10.6. The normalized spacial score (nSPS) is 11.4. The maximum Gasteiger partial charge on any atom is 0.197 e. The van der Waals surface area contributed by atoms with Crippen molar-refractivity contribution in [3.05, 3.63) is 82.9 Å². The number of hydrogen-bond acceptors (Lipinski definition) is 5. The number of nitrogens with zero attached hydrogens (tertiary/aromatic N) is 1. The number of rotatable bonds is 9. The Labute approximate surface area is 190 Å². The number of ether oxygens (including phenoxy) is 1. The van der Waals surface area contributed by atoms with Crippen molar-refractivity contribution in [2.75, 3.05) is 4.72 Å². The lowest BCUT2D eigenvalue weighted by molar-refractivity contribution is 0.101. The first-order valence-corrected chi connectivity index (χ1v) is 11.5. The molecule has 0 heterocycles. The van der Waals surface area contributed by atoms with Crippen LogP contribution in [0.1, 0.15) is 47.3 Å². The molecule has 164 valence electrons. The third-order valence-electron chi connectivity index (χ3n) is 4.90. The Morgan fingerprint density at radius 1 is 1.16 bits per heavy atom. The van der Waals surface area contributed by atoms with Gasteiger partial charge in [-0.25, -0.2) is 4.72 Å². The van der Waals surface area contributed by atoms with Gasteiger partial charge in [0.25, 0.3) is 0 Å². The van der Waals surface area contributed by atoms with E-state index >= 15 is 0 Å². The minimum atomic E-state index is -1.89. The van der Waals surface area contributed by atoms with E-state index in [2.05, 4.69) is 10.8 Å². The minimum absolute atomic E-state index is 0.0275. The number of ketones is 1. The van der Waals surface area contributed by atoms with Crippen molar-refractivity contribution in [1.82, 2.24) is 0 Å². The number of anilines is 1. The summed E-state index contributed by atoms with van der Waals surface area (Å²) in [5, 5.41) is 19.4. The fourth-order valence-corrected chi connectivity index (χ4v) is 4.28. The van der Waals surface area contributed by atoms with Gasteiger partial charge >= 0.3 is 0 Å². The first-order chi connectivity index (χ1) is 15.4. The van der Waals surface area contributed by atoms with Gasteiger partial charge in [-0.05, 0) is 61.4 Å². The topological polar surface area (TPSA) is 99.4 Å². The van der Waals surface area contributed by atoms with Crippen molar-refractivity contribution >= 4 is 22.5 Å². The van der Waals surface area contributed by atoms with E-state index in [0.717, 1.165) is 12.0 Å². The van der Waals surface area contributed by atoms with Gasteiger partial charge in [0.1, 0.15) is 18.1 Å². The molecule has 3 aromatic rings. The number of phenols is 1. The lowest BCUT2D eigenvalue weighted by Crippen LogP contribution is -2.05. The highest BCUT2D eigenvalue weighted by Crippen LogP contribution is 2.33. The van der Waals surface area contributed by atoms with Crippen molar-refractivity contribution < 1.29 is 18.8 Å². The molecule has 0 amide bonds. The average Bonchev–Trinajstić information content (AvgIpc) is 2.80. The summed E-state index contributed by atoms with van der Waals surface area (Å²) < 4.78 is 21.7. The van der Waals surface area contributed by atoms with Crippen LogP contribution in [0, 0.1) is 11.3 Å². The minimum Gasteiger partial charge on any atom is -0.507 e. The maximum absolute atomic E-state index is 12.7. The van der Waals surface area contributed by atoms with E-state index in [1.54, 1.807) is 48.5 Å². The Morgan fingerprint density at radius 3 is 2.56 bits per heavy atom. The van der Waals surface area contributed by atoms with E-state index in [9.17, 15) is 14.1 Å². The molecular weight excluding hydrogens is 424 g/mol. The average molecular weight is 450 g/mol. The fraction of sp³-hybridized carbons (Fsp3) is 0.200. The highest BCUT2D eigenvalue weighted by Gasteiger charge is 2.17. The molecular formula is C25H25N2O4S+. The van der Waals surface area contributed by atoms with E-state index in [1.807, 2.05) is 19.1 Å². The number of thiol groups is 1. The molecule has 0 fully saturated rings. The SMILES string of the molecule is CCCc1c(OCc2cccc([SH+](=O)Nc3ccc(C#N)cc3)c2)ccc(C(C)=O)c1O. The molecule has 0 saturated carbocycles. The van der Waals surface area contributed by atoms with Crippen molar-refractivity contribution in [3.63, 3.8) is 0 Å². The molecule has 2 N–H and O–H groups in total. The van der Waals surface area contributed by atoms with Crippen molar-refractivity contribution in [2.24, 2.45) is 0 Å². The van der Waals surface area contributed by atoms with E-state index in [-0.39, 0.29) is 23.7 Å². The Morgan fingerprint density at radius 2 is 1.91 bits per heavy atom. The number of carbonyl (C=O) groups excluding carboxylic acids is 1. The Hall–Kier alpha value is -3.63. The second-order valence-electron chi connectivity index (χ2n) is 7.30. The van der Waals surface area contributed by atoms with Gasteiger partial charge < -0.3 is 9.84 Å². The van der Waals surface area contributed by atoms with Crippen molar-refractivity contribution in [2.45, 2.75) is 38.2 Å². The molecule has 0 aliphatic carbocycles. The number of Topliss-reactive ketones (excluding diaryl/α,β-unsaturated/α-hetero) is 1. The lowest BCUT2D eigenvalue weighted by atomic mass is 10.0. The van der Waals surface area contributed by atoms with E-state index < -0.39 is 11.0 Å². The van der Waals surface area contributed by atoms with Crippen LogP contribution in [0.5, 0.6) is 11.5 Å². The second-order valence-corrected chi connectivity index (χ2v) is 8.63. The van der Waals surface area contributed by atoms with Crippen LogP contribution < -0.4 is 9.46 Å². The van der Waals surface area contributed by atoms with E-state index in [0.29, 0.717) is 33.9 Å². The summed E-state index contributed by atoms with van der Waals surface area (Å²) in [6.07, 6.45) is 1.38. The summed E-state index contributed by atoms with van der Waals surface area (Å²) in [6.45, 7) is 3.64. The number of aromatic hydroxyl groups is 1. The van der Waals surface area contributed by atoms with Gasteiger partial charge in [-0.3, -0.25) is 4.79 Å². The fourth-order valence-electron chi connectivity index (χ4n) is 3.26. The van der Waals surface area contributed by atoms with Crippen LogP contribution in [0.2, 0.25) is 0 Å². The van der Waals surface area contributed by atoms with Crippen LogP contribution in [0.25, 0.3) is 0 Å². The standard InChI is InChI=1S/C25H24N2O4S/c1-3-5-23-24(13-12-22(17(2)28)25(23)29)31-16-19-6-4-7-21(14-19)32(30)27-20-10-8-18(15-26)9-11-20/h4,6-14,29H,3,5,16H2,1-2H3,(H,27,30)/p+1. The van der Waals surface area contributed by atoms with Crippen LogP contribution in [0.4, 0.5) is 5.69 Å². The summed E-state index contributed by atoms with van der Waals surface area (Å²) in [5.41, 5.74) is 2.93. The Kier molecular flexibility index (Phi) is 7.63. The molecule has 0 aromatic heterocycles. The van der Waals surface area contributed by atoms with Gasteiger partial charge in [-0.15, -0.1) is 0 Å². The monoisotopic (exact) mass is 449 g/mol. The third-order valence-corrected chi connectivity index (χ3v) is 6.11. The van der Waals surface area contributed by atoms with Crippen LogP contribution in [-0.2, 0) is 28.2 Å². The number of nitriles is 1. The molecule has 0 bridgehead atoms. The van der Waals surface area contributed by atoms with E-state index in [1.165, 1.54) is 6.92 Å². The van der Waals surface area contributed by atoms with Gasteiger partial charge in [0.05, 0.1) is 22.9 Å². The van der Waals surface area contributed by atoms with E-state index in [4.69, 9.17) is 10.00 Å². The predicted molar refractivity (Wildman–Crippen MR) is 125 cm³/mol. The van der Waals surface area contributed by atoms with Crippen LogP contribution in [0.15, 0.2) is 65.6 Å². The number of hydrogen-bond donors (Lipinski definition) is 2. The molecule has 0 saturated heterocycles. The van der Waals surface area contributed by atoms with Gasteiger partial charge in [0.15, 0.2) is 21.7 Å². The zero-order valence-electron chi connectivity index (χ0n) is 18.0. The molecule has 0 radical (unpaired) electrons. The summed E-state index contributed by atoms with van der Waals surface area (Å²) in [5.74, 6) is 0.304. The largest absolute Gasteiger partial charge is 0.507 e. The molecule has 3 aromatic carbocycles. The first-order valence-electron chi connectivity index (χ1n) is 10.2. The van der Waals surface area contributed by atoms with Crippen LogP contribution in [-0.4, -0.2) is 10.9 Å². The summed E-state index contributed by atoms with van der Waals surface area (Å²) >= 11 is 0. The number of phenolic OH excluding ortho intramolecular Hbond substituents is 1. The van der Waals surface area contributed by atoms with Crippen LogP contribution in [0.3, 0.4) is 0 Å². The molecule has 7 heteroatoms. The molecule has 0 aliphatic heterocycles. The molecule has 32 heavy (non-hydrogen) atoms. The smallest absolute Gasteiger partial charge is 0.197 e. The summed E-state index contributed by atoms with van der Waals surface area (Å²) in [6, 6.07) is 19.3. The Bertz CT molecular complexity index is 1180. The summed E-state index contributed by atoms with van der Waals surface area (Å²) in [7, 11) is -1.89. The predicted octanol–water partition coefficient (Wildman–Crippen LogP) is 5.08. The highest BCUT2D eigenvalue weighted by molar-refractivity contribution is 7.86. The zero-order chi connectivity index (χ0) is 23.1. The first kappa shape index (κ1) is 23.0. The van der Waals surface area contributed by atoms with Gasteiger partial charge in [0, 0.05) is 11.6 Å². The molecule has 0 spiro atoms. The maximum atomic E-state index is 12.7. The molecule has 3 rings (SSSR count). The quantitative estimate of drug-likeness (QED) is 0.270. The summed E-state index contributed by atoms with van der Waals surface area (Å²) in [4.78, 5) is 12.3. The number of carbonyl (C=O) groups is 1. The lowest BCUT2D eigenvalue weighted by Gasteiger charge is -2.14. The highest BCUT2D eigenvalue weighted by atomic mass is 32.2. The zero-order valence-corrected chi connectivity index (χ0v) is 18.9. The van der Waals surface area contributed by atoms with Gasteiger partial charge in [-0.2, -0.15) is 5.26 Å². The van der Waals surface area contributed by atoms with Crippen LogP contribution >= 0.6 is 0 Å². The molecule has 6 nitrogen and oxygen atoms in total. The number of nitrogens with one attached hydrogen (secondary N) is 1. The van der Waals surface area contributed by atoms with Gasteiger partial charge in [-0.1, -0.05) is 29.7 Å². The number of benzene rings is 3. The Balaban J connectivity index is 1.73.